The molecule has 0 saturated heterocycles. The molecule has 4 heteroatoms. The smallest absolute Gasteiger partial charge is 0.253 e. The zero-order valence-electron chi connectivity index (χ0n) is 13.4. The summed E-state index contributed by atoms with van der Waals surface area (Å²) in [6, 6.07) is 7.69. The van der Waals surface area contributed by atoms with Crippen LogP contribution in [0.15, 0.2) is 24.3 Å². The maximum Gasteiger partial charge on any atom is 0.253 e. The van der Waals surface area contributed by atoms with Crippen LogP contribution in [0.5, 0.6) is 0 Å². The Labute approximate surface area is 126 Å². The van der Waals surface area contributed by atoms with Crippen LogP contribution in [0, 0.1) is 20.8 Å². The number of carbonyl (C=O) groups is 1. The van der Waals surface area contributed by atoms with Crippen molar-refractivity contribution in [3.63, 3.8) is 0 Å². The number of rotatable bonds is 4. The lowest BCUT2D eigenvalue weighted by Crippen LogP contribution is -2.27. The van der Waals surface area contributed by atoms with Gasteiger partial charge in [0.1, 0.15) is 0 Å². The molecule has 0 aliphatic rings. The first kappa shape index (κ1) is 15.3. The van der Waals surface area contributed by atoms with Crippen molar-refractivity contribution in [1.82, 2.24) is 14.9 Å². The Morgan fingerprint density at radius 1 is 1.33 bits per heavy atom. The zero-order valence-corrected chi connectivity index (χ0v) is 13.4. The highest BCUT2D eigenvalue weighted by atomic mass is 16.1. The van der Waals surface area contributed by atoms with Gasteiger partial charge in [-0.25, -0.2) is 0 Å². The van der Waals surface area contributed by atoms with Crippen molar-refractivity contribution >= 4 is 5.91 Å². The van der Waals surface area contributed by atoms with E-state index < -0.39 is 0 Å². The average molecular weight is 285 g/mol. The van der Waals surface area contributed by atoms with Gasteiger partial charge in [0, 0.05) is 23.6 Å². The minimum atomic E-state index is -0.109. The first-order chi connectivity index (χ1) is 9.93. The van der Waals surface area contributed by atoms with Crippen LogP contribution in [0.25, 0.3) is 0 Å². The second-order valence-corrected chi connectivity index (χ2v) is 5.43. The van der Waals surface area contributed by atoms with Crippen molar-refractivity contribution in [3.05, 3.63) is 52.6 Å². The lowest BCUT2D eigenvalue weighted by atomic mass is 10.1. The third-order valence-electron chi connectivity index (χ3n) is 3.84. The molecule has 0 spiro atoms. The minimum Gasteiger partial charge on any atom is -0.349 e. The van der Waals surface area contributed by atoms with Gasteiger partial charge in [0.2, 0.25) is 0 Å². The van der Waals surface area contributed by atoms with Crippen LogP contribution in [0.4, 0.5) is 0 Å². The predicted octanol–water partition coefficient (Wildman–Crippen LogP) is 3.32. The Bertz CT molecular complexity index is 658. The van der Waals surface area contributed by atoms with Gasteiger partial charge in [0.15, 0.2) is 0 Å². The van der Waals surface area contributed by atoms with Gasteiger partial charge in [-0.15, -0.1) is 0 Å². The van der Waals surface area contributed by atoms with Gasteiger partial charge in [0.25, 0.3) is 5.91 Å². The summed E-state index contributed by atoms with van der Waals surface area (Å²) in [5.41, 5.74) is 4.71. The maximum atomic E-state index is 12.5. The molecule has 21 heavy (non-hydrogen) atoms. The van der Waals surface area contributed by atoms with Crippen LogP contribution >= 0.6 is 0 Å². The first-order valence-electron chi connectivity index (χ1n) is 7.35. The molecule has 2 aromatic heterocycles. The molecule has 0 aromatic carbocycles. The molecular formula is C17H23N3O. The number of amides is 1. The normalized spacial score (nSPS) is 12.2. The van der Waals surface area contributed by atoms with Crippen LogP contribution in [-0.2, 0) is 6.54 Å². The largest absolute Gasteiger partial charge is 0.349 e. The monoisotopic (exact) mass is 285 g/mol. The number of carbonyl (C=O) groups excluding carboxylic acids is 1. The summed E-state index contributed by atoms with van der Waals surface area (Å²) < 4.78 is 2.14. The highest BCUT2D eigenvalue weighted by Crippen LogP contribution is 2.17. The summed E-state index contributed by atoms with van der Waals surface area (Å²) in [6.07, 6.45) is 0. The Morgan fingerprint density at radius 3 is 2.62 bits per heavy atom. The molecule has 112 valence electrons. The molecular weight excluding hydrogens is 262 g/mol. The van der Waals surface area contributed by atoms with Crippen LogP contribution in [0.1, 0.15) is 53.0 Å². The molecule has 1 N–H and O–H groups in total. The van der Waals surface area contributed by atoms with Gasteiger partial charge >= 0.3 is 0 Å². The summed E-state index contributed by atoms with van der Waals surface area (Å²) in [5.74, 6) is -0.0430. The van der Waals surface area contributed by atoms with E-state index in [-0.39, 0.29) is 11.9 Å². The van der Waals surface area contributed by atoms with Crippen molar-refractivity contribution < 1.29 is 4.79 Å². The molecule has 0 saturated carbocycles. The molecule has 1 unspecified atom stereocenters. The number of hydrogen-bond donors (Lipinski definition) is 1. The summed E-state index contributed by atoms with van der Waals surface area (Å²) >= 11 is 0. The number of hydrogen-bond acceptors (Lipinski definition) is 2. The molecule has 0 aliphatic carbocycles. The molecule has 1 atom stereocenters. The highest BCUT2D eigenvalue weighted by Gasteiger charge is 2.17. The molecule has 0 bridgehead atoms. The zero-order chi connectivity index (χ0) is 15.6. The topological polar surface area (TPSA) is 46.9 Å². The molecule has 2 rings (SSSR count). The summed E-state index contributed by atoms with van der Waals surface area (Å²) in [7, 11) is 0. The van der Waals surface area contributed by atoms with Crippen molar-refractivity contribution in [1.29, 1.82) is 0 Å². The molecule has 4 nitrogen and oxygen atoms in total. The highest BCUT2D eigenvalue weighted by molar-refractivity contribution is 5.95. The molecule has 0 aliphatic heterocycles. The van der Waals surface area contributed by atoms with E-state index in [0.717, 1.165) is 34.9 Å². The minimum absolute atomic E-state index is 0.0430. The number of pyridine rings is 1. The fourth-order valence-corrected chi connectivity index (χ4v) is 2.67. The van der Waals surface area contributed by atoms with E-state index in [4.69, 9.17) is 0 Å². The van der Waals surface area contributed by atoms with E-state index in [0.29, 0.717) is 0 Å². The van der Waals surface area contributed by atoms with Crippen LogP contribution < -0.4 is 5.32 Å². The van der Waals surface area contributed by atoms with Crippen LogP contribution in [0.3, 0.4) is 0 Å². The lowest BCUT2D eigenvalue weighted by Gasteiger charge is -2.14. The van der Waals surface area contributed by atoms with E-state index in [1.165, 1.54) is 0 Å². The second-order valence-electron chi connectivity index (χ2n) is 5.43. The summed E-state index contributed by atoms with van der Waals surface area (Å²) in [6.45, 7) is 10.9. The third kappa shape index (κ3) is 3.15. The SMILES string of the molecule is CCn1c(C)cc(C(=O)NC(C)c2cccc(C)n2)c1C. The van der Waals surface area contributed by atoms with E-state index in [2.05, 4.69) is 21.8 Å². The standard InChI is InChI=1S/C17H23N3O/c1-6-20-12(3)10-15(14(20)5)17(21)19-13(4)16-9-7-8-11(2)18-16/h7-10,13H,6H2,1-5H3,(H,19,21). The van der Waals surface area contributed by atoms with Gasteiger partial charge in [-0.1, -0.05) is 6.07 Å². The van der Waals surface area contributed by atoms with Gasteiger partial charge in [-0.2, -0.15) is 0 Å². The van der Waals surface area contributed by atoms with Crippen molar-refractivity contribution in [2.24, 2.45) is 0 Å². The lowest BCUT2D eigenvalue weighted by molar-refractivity contribution is 0.0938. The molecule has 0 radical (unpaired) electrons. The van der Waals surface area contributed by atoms with Gasteiger partial charge in [-0.05, 0) is 52.8 Å². The number of nitrogens with one attached hydrogen (secondary N) is 1. The molecule has 0 fully saturated rings. The first-order valence-corrected chi connectivity index (χ1v) is 7.35. The van der Waals surface area contributed by atoms with Gasteiger partial charge < -0.3 is 9.88 Å². The van der Waals surface area contributed by atoms with Crippen molar-refractivity contribution in [2.75, 3.05) is 0 Å². The number of aryl methyl sites for hydroxylation is 2. The second kappa shape index (κ2) is 6.12. The summed E-state index contributed by atoms with van der Waals surface area (Å²) in [4.78, 5) is 16.9. The van der Waals surface area contributed by atoms with Gasteiger partial charge in [-0.3, -0.25) is 9.78 Å². The Hall–Kier alpha value is -2.10. The average Bonchev–Trinajstić information content (AvgIpc) is 2.73. The molecule has 2 aromatic rings. The van der Waals surface area contributed by atoms with E-state index in [9.17, 15) is 4.79 Å². The van der Waals surface area contributed by atoms with E-state index in [1.54, 1.807) is 0 Å². The van der Waals surface area contributed by atoms with E-state index >= 15 is 0 Å². The molecule has 1 amide bonds. The Balaban J connectivity index is 2.18. The fraction of sp³-hybridized carbons (Fsp3) is 0.412. The quantitative estimate of drug-likeness (QED) is 0.936. The molecule has 2 heterocycles. The van der Waals surface area contributed by atoms with Gasteiger partial charge in [0.05, 0.1) is 17.3 Å². The Morgan fingerprint density at radius 2 is 2.05 bits per heavy atom. The van der Waals surface area contributed by atoms with Crippen molar-refractivity contribution in [2.45, 2.75) is 47.2 Å². The predicted molar refractivity (Wildman–Crippen MR) is 84.4 cm³/mol. The third-order valence-corrected chi connectivity index (χ3v) is 3.84. The Kier molecular flexibility index (Phi) is 4.46. The van der Waals surface area contributed by atoms with Crippen LogP contribution in [0.2, 0.25) is 0 Å². The number of nitrogens with zero attached hydrogens (tertiary/aromatic N) is 2. The van der Waals surface area contributed by atoms with E-state index in [1.807, 2.05) is 52.0 Å². The van der Waals surface area contributed by atoms with Crippen molar-refractivity contribution in [3.8, 4) is 0 Å². The van der Waals surface area contributed by atoms with Crippen LogP contribution in [-0.4, -0.2) is 15.5 Å². The fourth-order valence-electron chi connectivity index (χ4n) is 2.67. The summed E-state index contributed by atoms with van der Waals surface area (Å²) in [5, 5.41) is 3.03. The number of aromatic nitrogens is 2. The maximum absolute atomic E-state index is 12.5.